The molecule has 1 aromatic heterocycles. The fraction of sp³-hybridized carbons (Fsp3) is 0.500. The highest BCUT2D eigenvalue weighted by atomic mass is 32.1. The first-order valence-electron chi connectivity index (χ1n) is 6.32. The minimum absolute atomic E-state index is 0.277. The van der Waals surface area contributed by atoms with Crippen molar-refractivity contribution in [1.29, 1.82) is 0 Å². The van der Waals surface area contributed by atoms with Gasteiger partial charge in [0.1, 0.15) is 0 Å². The second-order valence-electron chi connectivity index (χ2n) is 5.51. The minimum atomic E-state index is 0.277. The van der Waals surface area contributed by atoms with Gasteiger partial charge in [0.15, 0.2) is 0 Å². The fourth-order valence-corrected chi connectivity index (χ4v) is 2.57. The molecular formula is C14H21N3S. The maximum Gasteiger partial charge on any atom is 0.0907 e. The summed E-state index contributed by atoms with van der Waals surface area (Å²) in [5, 5.41) is 4.52. The summed E-state index contributed by atoms with van der Waals surface area (Å²) in [6.07, 6.45) is 1.14. The van der Waals surface area contributed by atoms with Crippen LogP contribution < -0.4 is 11.1 Å². The van der Waals surface area contributed by atoms with E-state index in [-0.39, 0.29) is 5.41 Å². The van der Waals surface area contributed by atoms with Crippen molar-refractivity contribution in [1.82, 2.24) is 4.98 Å². The molecule has 3 nitrogen and oxygen atoms in total. The SMILES string of the molecule is CCC(C)(C)CNc1cc2nc(C)sc2cc1N. The van der Waals surface area contributed by atoms with Gasteiger partial charge in [0.25, 0.3) is 0 Å². The van der Waals surface area contributed by atoms with Gasteiger partial charge in [0.2, 0.25) is 0 Å². The van der Waals surface area contributed by atoms with E-state index in [4.69, 9.17) is 5.73 Å². The van der Waals surface area contributed by atoms with Crippen molar-refractivity contribution in [3.8, 4) is 0 Å². The van der Waals surface area contributed by atoms with Crippen LogP contribution in [-0.2, 0) is 0 Å². The lowest BCUT2D eigenvalue weighted by Gasteiger charge is -2.24. The first kappa shape index (κ1) is 13.1. The summed E-state index contributed by atoms with van der Waals surface area (Å²) in [5.74, 6) is 0. The third-order valence-corrected chi connectivity index (χ3v) is 4.31. The van der Waals surface area contributed by atoms with Crippen LogP contribution in [0.4, 0.5) is 11.4 Å². The molecule has 0 unspecified atom stereocenters. The molecule has 0 fully saturated rings. The Morgan fingerprint density at radius 1 is 1.39 bits per heavy atom. The summed E-state index contributed by atoms with van der Waals surface area (Å²) in [6.45, 7) is 9.65. The molecule has 18 heavy (non-hydrogen) atoms. The minimum Gasteiger partial charge on any atom is -0.397 e. The summed E-state index contributed by atoms with van der Waals surface area (Å²) in [4.78, 5) is 4.50. The van der Waals surface area contributed by atoms with Crippen LogP contribution in [0, 0.1) is 12.3 Å². The number of nitrogen functional groups attached to an aromatic ring is 1. The van der Waals surface area contributed by atoms with Gasteiger partial charge in [-0.3, -0.25) is 0 Å². The Morgan fingerprint density at radius 2 is 2.11 bits per heavy atom. The van der Waals surface area contributed by atoms with Gasteiger partial charge in [0.05, 0.1) is 26.6 Å². The predicted molar refractivity (Wildman–Crippen MR) is 81.3 cm³/mol. The molecule has 2 aromatic rings. The Balaban J connectivity index is 2.25. The van der Waals surface area contributed by atoms with Gasteiger partial charge >= 0.3 is 0 Å². The van der Waals surface area contributed by atoms with E-state index >= 15 is 0 Å². The van der Waals surface area contributed by atoms with Crippen LogP contribution in [0.1, 0.15) is 32.2 Å². The largest absolute Gasteiger partial charge is 0.397 e. The monoisotopic (exact) mass is 263 g/mol. The zero-order valence-electron chi connectivity index (χ0n) is 11.5. The Labute approximate surface area is 112 Å². The van der Waals surface area contributed by atoms with Crippen molar-refractivity contribution >= 4 is 32.9 Å². The number of anilines is 2. The number of aryl methyl sites for hydroxylation is 1. The lowest BCUT2D eigenvalue weighted by Crippen LogP contribution is -2.22. The summed E-state index contributed by atoms with van der Waals surface area (Å²) < 4.78 is 1.16. The zero-order valence-corrected chi connectivity index (χ0v) is 12.3. The number of nitrogens with zero attached hydrogens (tertiary/aromatic N) is 1. The van der Waals surface area contributed by atoms with Crippen LogP contribution in [0.5, 0.6) is 0 Å². The zero-order chi connectivity index (χ0) is 13.3. The van der Waals surface area contributed by atoms with Crippen molar-refractivity contribution in [2.75, 3.05) is 17.6 Å². The quantitative estimate of drug-likeness (QED) is 0.819. The van der Waals surface area contributed by atoms with E-state index in [9.17, 15) is 0 Å². The van der Waals surface area contributed by atoms with E-state index in [0.717, 1.165) is 39.6 Å². The van der Waals surface area contributed by atoms with E-state index in [0.29, 0.717) is 0 Å². The van der Waals surface area contributed by atoms with Crippen LogP contribution >= 0.6 is 11.3 Å². The van der Waals surface area contributed by atoms with Gasteiger partial charge in [0, 0.05) is 6.54 Å². The summed E-state index contributed by atoms with van der Waals surface area (Å²) in [7, 11) is 0. The lowest BCUT2D eigenvalue weighted by atomic mass is 9.90. The summed E-state index contributed by atoms with van der Waals surface area (Å²) in [5.41, 5.74) is 9.19. The van der Waals surface area contributed by atoms with Crippen LogP contribution in [-0.4, -0.2) is 11.5 Å². The molecule has 0 bridgehead atoms. The second-order valence-corrected chi connectivity index (χ2v) is 6.75. The Morgan fingerprint density at radius 3 is 2.78 bits per heavy atom. The third-order valence-electron chi connectivity index (χ3n) is 3.38. The number of nitrogens with two attached hydrogens (primary N) is 1. The molecule has 0 amide bonds. The number of nitrogens with one attached hydrogen (secondary N) is 1. The van der Waals surface area contributed by atoms with Gasteiger partial charge < -0.3 is 11.1 Å². The molecule has 0 radical (unpaired) electrons. The van der Waals surface area contributed by atoms with Crippen LogP contribution in [0.25, 0.3) is 10.2 Å². The number of fused-ring (bicyclic) bond motifs is 1. The smallest absolute Gasteiger partial charge is 0.0907 e. The molecule has 2 rings (SSSR count). The number of hydrogen-bond donors (Lipinski definition) is 2. The van der Waals surface area contributed by atoms with Crippen molar-refractivity contribution in [2.24, 2.45) is 5.41 Å². The van der Waals surface area contributed by atoms with E-state index in [1.54, 1.807) is 11.3 Å². The lowest BCUT2D eigenvalue weighted by molar-refractivity contribution is 0.377. The molecule has 0 aliphatic rings. The number of aromatic nitrogens is 1. The van der Waals surface area contributed by atoms with E-state index in [1.807, 2.05) is 13.0 Å². The molecule has 1 heterocycles. The number of rotatable bonds is 4. The predicted octanol–water partition coefficient (Wildman–Crippen LogP) is 4.04. The second kappa shape index (κ2) is 4.76. The first-order valence-corrected chi connectivity index (χ1v) is 7.13. The molecule has 0 saturated heterocycles. The number of hydrogen-bond acceptors (Lipinski definition) is 4. The van der Waals surface area contributed by atoms with Crippen molar-refractivity contribution in [3.63, 3.8) is 0 Å². The van der Waals surface area contributed by atoms with Crippen molar-refractivity contribution in [2.45, 2.75) is 34.1 Å². The number of thiazole rings is 1. The average molecular weight is 263 g/mol. The van der Waals surface area contributed by atoms with Crippen molar-refractivity contribution in [3.05, 3.63) is 17.1 Å². The maximum atomic E-state index is 6.08. The standard InChI is InChI=1S/C14H21N3S/c1-5-14(3,4)8-16-11-7-12-13(6-10(11)15)18-9(2)17-12/h6-7,16H,5,8,15H2,1-4H3. The summed E-state index contributed by atoms with van der Waals surface area (Å²) in [6, 6.07) is 4.07. The third kappa shape index (κ3) is 2.75. The molecule has 1 aromatic carbocycles. The van der Waals surface area contributed by atoms with Gasteiger partial charge in [-0.2, -0.15) is 0 Å². The highest BCUT2D eigenvalue weighted by Gasteiger charge is 2.15. The van der Waals surface area contributed by atoms with Crippen molar-refractivity contribution < 1.29 is 0 Å². The molecule has 0 atom stereocenters. The van der Waals surface area contributed by atoms with Gasteiger partial charge in [-0.1, -0.05) is 20.8 Å². The van der Waals surface area contributed by atoms with Crippen LogP contribution in [0.2, 0.25) is 0 Å². The van der Waals surface area contributed by atoms with E-state index in [2.05, 4.69) is 37.1 Å². The molecule has 0 aliphatic carbocycles. The van der Waals surface area contributed by atoms with Crippen LogP contribution in [0.3, 0.4) is 0 Å². The van der Waals surface area contributed by atoms with Crippen LogP contribution in [0.15, 0.2) is 12.1 Å². The number of benzene rings is 1. The van der Waals surface area contributed by atoms with Gasteiger partial charge in [-0.15, -0.1) is 11.3 Å². The van der Waals surface area contributed by atoms with E-state index in [1.165, 1.54) is 0 Å². The topological polar surface area (TPSA) is 50.9 Å². The Kier molecular flexibility index (Phi) is 3.48. The highest BCUT2D eigenvalue weighted by molar-refractivity contribution is 7.18. The molecule has 4 heteroatoms. The molecule has 98 valence electrons. The average Bonchev–Trinajstić information content (AvgIpc) is 2.65. The molecule has 3 N–H and O–H groups in total. The van der Waals surface area contributed by atoms with Gasteiger partial charge in [-0.25, -0.2) is 4.98 Å². The molecule has 0 saturated carbocycles. The van der Waals surface area contributed by atoms with Gasteiger partial charge in [-0.05, 0) is 30.9 Å². The highest BCUT2D eigenvalue weighted by Crippen LogP contribution is 2.30. The Hall–Kier alpha value is -1.29. The maximum absolute atomic E-state index is 6.08. The van der Waals surface area contributed by atoms with E-state index < -0.39 is 0 Å². The molecular weight excluding hydrogens is 242 g/mol. The fourth-order valence-electron chi connectivity index (χ4n) is 1.72. The molecule has 0 aliphatic heterocycles. The Bertz CT molecular complexity index is 557. The molecule has 0 spiro atoms. The summed E-state index contributed by atoms with van der Waals surface area (Å²) >= 11 is 1.68. The first-order chi connectivity index (χ1) is 8.41. The normalized spacial score (nSPS) is 12.0.